The van der Waals surface area contributed by atoms with E-state index in [9.17, 15) is 14.4 Å². The zero-order valence-corrected chi connectivity index (χ0v) is 18.7. The first-order valence-electron chi connectivity index (χ1n) is 11.2. The van der Waals surface area contributed by atoms with Crippen LogP contribution in [0, 0.1) is 6.92 Å². The van der Waals surface area contributed by atoms with Crippen molar-refractivity contribution in [3.05, 3.63) is 47.8 Å². The first-order valence-corrected chi connectivity index (χ1v) is 11.2. The summed E-state index contributed by atoms with van der Waals surface area (Å²) in [6.45, 7) is 3.48. The number of amides is 3. The molecule has 2 aliphatic heterocycles. The maximum atomic E-state index is 12.8. The maximum absolute atomic E-state index is 12.8. The van der Waals surface area contributed by atoms with E-state index in [0.29, 0.717) is 13.1 Å². The van der Waals surface area contributed by atoms with Crippen LogP contribution in [-0.2, 0) is 14.4 Å². The topological polar surface area (TPSA) is 79.8 Å². The van der Waals surface area contributed by atoms with Crippen LogP contribution in [-0.4, -0.2) is 59.2 Å². The molecule has 0 saturated carbocycles. The second-order valence-electron chi connectivity index (χ2n) is 8.52. The highest BCUT2D eigenvalue weighted by molar-refractivity contribution is 6.02. The summed E-state index contributed by atoms with van der Waals surface area (Å²) in [7, 11) is 1.66. The van der Waals surface area contributed by atoms with Gasteiger partial charge in [-0.05, 0) is 55.2 Å². The van der Waals surface area contributed by atoms with E-state index in [2.05, 4.69) is 18.2 Å². The summed E-state index contributed by atoms with van der Waals surface area (Å²) >= 11 is 0. The van der Waals surface area contributed by atoms with E-state index < -0.39 is 0 Å². The molecule has 4 rings (SSSR count). The molecular weight excluding hydrogens is 406 g/mol. The number of aryl methyl sites for hydroxylation is 1. The lowest BCUT2D eigenvalue weighted by Crippen LogP contribution is -2.41. The minimum atomic E-state index is -0.173. The van der Waals surface area contributed by atoms with Crippen molar-refractivity contribution >= 4 is 17.7 Å². The molecular formula is C25H29N3O4. The van der Waals surface area contributed by atoms with Crippen LogP contribution in [0.5, 0.6) is 5.75 Å². The second-order valence-corrected chi connectivity index (χ2v) is 8.52. The normalized spacial score (nSPS) is 18.9. The van der Waals surface area contributed by atoms with E-state index in [1.54, 1.807) is 7.11 Å². The predicted molar refractivity (Wildman–Crippen MR) is 120 cm³/mol. The highest BCUT2D eigenvalue weighted by Gasteiger charge is 2.31. The number of hydrogen-bond acceptors (Lipinski definition) is 5. The van der Waals surface area contributed by atoms with Crippen LogP contribution < -0.4 is 4.74 Å². The predicted octanol–water partition coefficient (Wildman–Crippen LogP) is 3.31. The molecule has 0 spiro atoms. The summed E-state index contributed by atoms with van der Waals surface area (Å²) < 4.78 is 5.36. The third-order valence-electron chi connectivity index (χ3n) is 6.27. The Labute approximate surface area is 188 Å². The van der Waals surface area contributed by atoms with Gasteiger partial charge in [0.25, 0.3) is 0 Å². The van der Waals surface area contributed by atoms with Crippen molar-refractivity contribution in [3.8, 4) is 16.9 Å². The Hall–Kier alpha value is -3.22. The first-order chi connectivity index (χ1) is 15.4. The van der Waals surface area contributed by atoms with E-state index in [1.807, 2.05) is 30.0 Å². The van der Waals surface area contributed by atoms with Crippen LogP contribution in [0.1, 0.15) is 49.4 Å². The number of carbonyl (C=O) groups excluding carboxylic acids is 3. The molecule has 32 heavy (non-hydrogen) atoms. The molecule has 7 heteroatoms. The van der Waals surface area contributed by atoms with Gasteiger partial charge in [-0.3, -0.25) is 24.3 Å². The minimum Gasteiger partial charge on any atom is -0.497 e. The van der Waals surface area contributed by atoms with Gasteiger partial charge in [-0.2, -0.15) is 0 Å². The zero-order valence-electron chi connectivity index (χ0n) is 18.7. The number of carbonyl (C=O) groups is 3. The van der Waals surface area contributed by atoms with Gasteiger partial charge in [0.05, 0.1) is 7.11 Å². The smallest absolute Gasteiger partial charge is 0.229 e. The lowest BCUT2D eigenvalue weighted by molar-refractivity contribution is -0.139. The number of ether oxygens (including phenoxy) is 1. The van der Waals surface area contributed by atoms with Gasteiger partial charge < -0.3 is 9.64 Å². The van der Waals surface area contributed by atoms with Gasteiger partial charge in [-0.1, -0.05) is 12.1 Å². The molecule has 2 saturated heterocycles. The summed E-state index contributed by atoms with van der Waals surface area (Å²) in [6.07, 6.45) is 2.57. The average Bonchev–Trinajstić information content (AvgIpc) is 3.14. The number of imide groups is 1. The summed E-state index contributed by atoms with van der Waals surface area (Å²) in [6, 6.07) is 12.1. The monoisotopic (exact) mass is 435 g/mol. The number of hydrogen-bond donors (Lipinski definition) is 0. The largest absolute Gasteiger partial charge is 0.497 e. The van der Waals surface area contributed by atoms with Crippen molar-refractivity contribution in [2.24, 2.45) is 0 Å². The van der Waals surface area contributed by atoms with Gasteiger partial charge in [-0.25, -0.2) is 0 Å². The average molecular weight is 436 g/mol. The third kappa shape index (κ3) is 4.82. The van der Waals surface area contributed by atoms with Crippen molar-refractivity contribution < 1.29 is 19.1 Å². The summed E-state index contributed by atoms with van der Waals surface area (Å²) in [4.78, 5) is 44.3. The number of nitrogens with zero attached hydrogens (tertiary/aromatic N) is 3. The van der Waals surface area contributed by atoms with Crippen molar-refractivity contribution in [1.82, 2.24) is 14.8 Å². The molecule has 3 amide bonds. The van der Waals surface area contributed by atoms with Gasteiger partial charge in [-0.15, -0.1) is 0 Å². The molecule has 0 N–H and O–H groups in total. The third-order valence-corrected chi connectivity index (χ3v) is 6.27. The molecule has 3 heterocycles. The Balaban J connectivity index is 1.45. The fraction of sp³-hybridized carbons (Fsp3) is 0.440. The van der Waals surface area contributed by atoms with E-state index in [1.165, 1.54) is 4.90 Å². The number of likely N-dealkylation sites (tertiary alicyclic amines) is 2. The van der Waals surface area contributed by atoms with Gasteiger partial charge in [0.2, 0.25) is 17.7 Å². The van der Waals surface area contributed by atoms with E-state index in [0.717, 1.165) is 41.1 Å². The Bertz CT molecular complexity index is 1020. The SMILES string of the molecule is COc1cccc(-c2cc(C)nc([C@H]3CCCN(C(=O)CCN4C(=O)CCC4=O)C3)c2)c1. The van der Waals surface area contributed by atoms with Crippen LogP contribution in [0.2, 0.25) is 0 Å². The number of methoxy groups -OCH3 is 1. The van der Waals surface area contributed by atoms with E-state index >= 15 is 0 Å². The number of pyridine rings is 1. The van der Waals surface area contributed by atoms with Crippen molar-refractivity contribution in [1.29, 1.82) is 0 Å². The van der Waals surface area contributed by atoms with Gasteiger partial charge in [0, 0.05) is 56.2 Å². The fourth-order valence-electron chi connectivity index (χ4n) is 4.56. The molecule has 2 aliphatic rings. The molecule has 0 aliphatic carbocycles. The summed E-state index contributed by atoms with van der Waals surface area (Å²) in [5, 5.41) is 0. The standard InChI is InChI=1S/C25H29N3O4/c1-17-13-20(18-5-3-7-21(14-18)32-2)15-22(26-17)19-6-4-11-27(16-19)23(29)10-12-28-24(30)8-9-25(28)31/h3,5,7,13-15,19H,4,6,8-12,16H2,1-2H3/t19-/m0/s1. The minimum absolute atomic E-state index is 0.0112. The molecule has 2 aromatic rings. The molecule has 1 atom stereocenters. The maximum Gasteiger partial charge on any atom is 0.229 e. The lowest BCUT2D eigenvalue weighted by Gasteiger charge is -2.33. The van der Waals surface area contributed by atoms with Crippen molar-refractivity contribution in [2.45, 2.75) is 44.9 Å². The van der Waals surface area contributed by atoms with Crippen LogP contribution >= 0.6 is 0 Å². The molecule has 2 fully saturated rings. The number of rotatable bonds is 6. The summed E-state index contributed by atoms with van der Waals surface area (Å²) in [5.41, 5.74) is 4.08. The highest BCUT2D eigenvalue weighted by atomic mass is 16.5. The first kappa shape index (κ1) is 22.0. The number of piperidine rings is 1. The second kappa shape index (κ2) is 9.51. The molecule has 168 valence electrons. The van der Waals surface area contributed by atoms with Crippen molar-refractivity contribution in [2.75, 3.05) is 26.7 Å². The van der Waals surface area contributed by atoms with Gasteiger partial charge in [0.15, 0.2) is 0 Å². The van der Waals surface area contributed by atoms with Crippen LogP contribution in [0.15, 0.2) is 36.4 Å². The summed E-state index contributed by atoms with van der Waals surface area (Å²) in [5.74, 6) is 0.611. The molecule has 0 unspecified atom stereocenters. The Morgan fingerprint density at radius 2 is 1.91 bits per heavy atom. The molecule has 0 radical (unpaired) electrons. The quantitative estimate of drug-likeness (QED) is 0.651. The molecule has 1 aromatic heterocycles. The lowest BCUT2D eigenvalue weighted by atomic mass is 9.92. The molecule has 0 bridgehead atoms. The van der Waals surface area contributed by atoms with Crippen LogP contribution in [0.3, 0.4) is 0 Å². The zero-order chi connectivity index (χ0) is 22.7. The fourth-order valence-corrected chi connectivity index (χ4v) is 4.56. The highest BCUT2D eigenvalue weighted by Crippen LogP contribution is 2.31. The Morgan fingerprint density at radius 1 is 1.12 bits per heavy atom. The van der Waals surface area contributed by atoms with E-state index in [-0.39, 0.29) is 49.4 Å². The number of benzene rings is 1. The Morgan fingerprint density at radius 3 is 2.66 bits per heavy atom. The Kier molecular flexibility index (Phi) is 6.53. The molecule has 1 aromatic carbocycles. The molecule has 7 nitrogen and oxygen atoms in total. The van der Waals surface area contributed by atoms with Crippen LogP contribution in [0.4, 0.5) is 0 Å². The number of aromatic nitrogens is 1. The van der Waals surface area contributed by atoms with Gasteiger partial charge in [0.1, 0.15) is 5.75 Å². The van der Waals surface area contributed by atoms with Gasteiger partial charge >= 0.3 is 0 Å². The van der Waals surface area contributed by atoms with Crippen LogP contribution in [0.25, 0.3) is 11.1 Å². The van der Waals surface area contributed by atoms with E-state index in [4.69, 9.17) is 9.72 Å². The van der Waals surface area contributed by atoms with Crippen molar-refractivity contribution in [3.63, 3.8) is 0 Å².